The fourth-order valence-corrected chi connectivity index (χ4v) is 2.11. The maximum absolute atomic E-state index is 12.4. The molecule has 102 valence electrons. The van der Waals surface area contributed by atoms with E-state index in [1.165, 1.54) is 0 Å². The summed E-state index contributed by atoms with van der Waals surface area (Å²) in [4.78, 5) is 25.5. The quantitative estimate of drug-likeness (QED) is 0.557. The smallest absolute Gasteiger partial charge is 0.325 e. The van der Waals surface area contributed by atoms with Gasteiger partial charge in [-0.1, -0.05) is 12.2 Å². The van der Waals surface area contributed by atoms with Crippen molar-refractivity contribution >= 4 is 11.9 Å². The van der Waals surface area contributed by atoms with Crippen LogP contribution in [0, 0.1) is 5.92 Å². The first-order valence-electron chi connectivity index (χ1n) is 6.67. The van der Waals surface area contributed by atoms with Crippen LogP contribution < -0.4 is 0 Å². The van der Waals surface area contributed by atoms with E-state index in [0.29, 0.717) is 6.61 Å². The average Bonchev–Trinajstić information content (AvgIpc) is 2.36. The standard InChI is InChI=1S/C14H23NO3/c1-4-18-13(16)10-15(11(2)3)14(17)12-8-6-5-7-9-12/h5-6,11-12H,4,7-10H2,1-3H3. The van der Waals surface area contributed by atoms with Crippen LogP contribution in [0.15, 0.2) is 12.2 Å². The molecular formula is C14H23NO3. The van der Waals surface area contributed by atoms with Gasteiger partial charge in [0.25, 0.3) is 0 Å². The Kier molecular flexibility index (Phi) is 5.89. The molecule has 0 aromatic rings. The molecule has 4 heteroatoms. The summed E-state index contributed by atoms with van der Waals surface area (Å²) in [5.41, 5.74) is 0. The highest BCUT2D eigenvalue weighted by Crippen LogP contribution is 2.21. The molecule has 0 radical (unpaired) electrons. The van der Waals surface area contributed by atoms with Gasteiger partial charge in [0.05, 0.1) is 6.61 Å². The molecule has 0 N–H and O–H groups in total. The molecule has 1 atom stereocenters. The second kappa shape index (κ2) is 7.19. The highest BCUT2D eigenvalue weighted by Gasteiger charge is 2.27. The number of amides is 1. The molecule has 1 rings (SSSR count). The van der Waals surface area contributed by atoms with Gasteiger partial charge in [-0.3, -0.25) is 9.59 Å². The van der Waals surface area contributed by atoms with E-state index in [1.807, 2.05) is 13.8 Å². The number of carbonyl (C=O) groups is 2. The van der Waals surface area contributed by atoms with E-state index in [1.54, 1.807) is 11.8 Å². The first kappa shape index (κ1) is 14.7. The van der Waals surface area contributed by atoms with E-state index in [4.69, 9.17) is 4.74 Å². The van der Waals surface area contributed by atoms with Crippen molar-refractivity contribution in [3.05, 3.63) is 12.2 Å². The normalized spacial score (nSPS) is 18.8. The molecular weight excluding hydrogens is 230 g/mol. The van der Waals surface area contributed by atoms with Crippen molar-refractivity contribution in [3.8, 4) is 0 Å². The van der Waals surface area contributed by atoms with E-state index in [0.717, 1.165) is 19.3 Å². The Hall–Kier alpha value is -1.32. The number of esters is 1. The SMILES string of the molecule is CCOC(=O)CN(C(=O)C1CC=CCC1)C(C)C. The van der Waals surface area contributed by atoms with E-state index in [2.05, 4.69) is 12.2 Å². The number of rotatable bonds is 5. The molecule has 1 aliphatic carbocycles. The molecule has 0 bridgehead atoms. The zero-order valence-corrected chi connectivity index (χ0v) is 11.5. The van der Waals surface area contributed by atoms with Crippen molar-refractivity contribution in [1.29, 1.82) is 0 Å². The van der Waals surface area contributed by atoms with E-state index < -0.39 is 0 Å². The molecule has 18 heavy (non-hydrogen) atoms. The fraction of sp³-hybridized carbons (Fsp3) is 0.714. The molecule has 1 aliphatic rings. The zero-order valence-electron chi connectivity index (χ0n) is 11.5. The van der Waals surface area contributed by atoms with Crippen LogP contribution in [0.2, 0.25) is 0 Å². The summed E-state index contributed by atoms with van der Waals surface area (Å²) in [5, 5.41) is 0. The Morgan fingerprint density at radius 1 is 1.39 bits per heavy atom. The minimum absolute atomic E-state index is 0.0202. The number of allylic oxidation sites excluding steroid dienone is 2. The minimum Gasteiger partial charge on any atom is -0.465 e. The highest BCUT2D eigenvalue weighted by atomic mass is 16.5. The van der Waals surface area contributed by atoms with E-state index in [-0.39, 0.29) is 30.4 Å². The second-order valence-electron chi connectivity index (χ2n) is 4.85. The molecule has 4 nitrogen and oxygen atoms in total. The largest absolute Gasteiger partial charge is 0.465 e. The number of nitrogens with zero attached hydrogens (tertiary/aromatic N) is 1. The van der Waals surface area contributed by atoms with Crippen LogP contribution in [-0.4, -0.2) is 36.0 Å². The van der Waals surface area contributed by atoms with Crippen molar-refractivity contribution in [1.82, 2.24) is 4.90 Å². The predicted molar refractivity (Wildman–Crippen MR) is 70.0 cm³/mol. The molecule has 0 fully saturated rings. The Balaban J connectivity index is 2.63. The van der Waals surface area contributed by atoms with Crippen LogP contribution in [0.3, 0.4) is 0 Å². The van der Waals surface area contributed by atoms with E-state index in [9.17, 15) is 9.59 Å². The second-order valence-corrected chi connectivity index (χ2v) is 4.85. The summed E-state index contributed by atoms with van der Waals surface area (Å²) in [6.07, 6.45) is 6.76. The van der Waals surface area contributed by atoms with Crippen molar-refractivity contribution in [2.75, 3.05) is 13.2 Å². The number of carbonyl (C=O) groups excluding carboxylic acids is 2. The number of ether oxygens (including phenoxy) is 1. The summed E-state index contributed by atoms with van der Waals surface area (Å²) in [6, 6.07) is 0.0211. The third-order valence-electron chi connectivity index (χ3n) is 3.13. The van der Waals surface area contributed by atoms with Gasteiger partial charge in [-0.15, -0.1) is 0 Å². The van der Waals surface area contributed by atoms with Crippen molar-refractivity contribution in [2.24, 2.45) is 5.92 Å². The topological polar surface area (TPSA) is 46.6 Å². The lowest BCUT2D eigenvalue weighted by atomic mass is 9.92. The zero-order chi connectivity index (χ0) is 13.5. The molecule has 1 unspecified atom stereocenters. The summed E-state index contributed by atoms with van der Waals surface area (Å²) >= 11 is 0. The molecule has 0 aliphatic heterocycles. The van der Waals surface area contributed by atoms with Crippen LogP contribution in [0.4, 0.5) is 0 Å². The van der Waals surface area contributed by atoms with Crippen molar-refractivity contribution < 1.29 is 14.3 Å². The molecule has 0 aromatic carbocycles. The Morgan fingerprint density at radius 2 is 2.11 bits per heavy atom. The van der Waals surface area contributed by atoms with Gasteiger partial charge in [-0.2, -0.15) is 0 Å². The molecule has 1 amide bonds. The summed E-state index contributed by atoms with van der Waals surface area (Å²) in [7, 11) is 0. The lowest BCUT2D eigenvalue weighted by Gasteiger charge is -2.30. The fourth-order valence-electron chi connectivity index (χ4n) is 2.11. The Morgan fingerprint density at radius 3 is 2.61 bits per heavy atom. The Labute approximate surface area is 109 Å². The third kappa shape index (κ3) is 4.17. The third-order valence-corrected chi connectivity index (χ3v) is 3.13. The van der Waals surface area contributed by atoms with Gasteiger partial charge in [0, 0.05) is 12.0 Å². The van der Waals surface area contributed by atoms with Gasteiger partial charge in [0.2, 0.25) is 5.91 Å². The van der Waals surface area contributed by atoms with Crippen LogP contribution >= 0.6 is 0 Å². The number of hydrogen-bond acceptors (Lipinski definition) is 3. The molecule has 0 heterocycles. The van der Waals surface area contributed by atoms with Gasteiger partial charge in [0.15, 0.2) is 0 Å². The van der Waals surface area contributed by atoms with Gasteiger partial charge in [-0.25, -0.2) is 0 Å². The molecule has 0 spiro atoms. The van der Waals surface area contributed by atoms with E-state index >= 15 is 0 Å². The maximum Gasteiger partial charge on any atom is 0.325 e. The van der Waals surface area contributed by atoms with Crippen LogP contribution in [0.1, 0.15) is 40.0 Å². The molecule has 0 saturated carbocycles. The first-order valence-corrected chi connectivity index (χ1v) is 6.67. The molecule has 0 aromatic heterocycles. The first-order chi connectivity index (χ1) is 8.56. The monoisotopic (exact) mass is 253 g/mol. The van der Waals surface area contributed by atoms with Crippen LogP contribution in [0.25, 0.3) is 0 Å². The van der Waals surface area contributed by atoms with Gasteiger partial charge >= 0.3 is 5.97 Å². The van der Waals surface area contributed by atoms with Gasteiger partial charge in [0.1, 0.15) is 6.54 Å². The van der Waals surface area contributed by atoms with Crippen molar-refractivity contribution in [3.63, 3.8) is 0 Å². The molecule has 0 saturated heterocycles. The van der Waals surface area contributed by atoms with Crippen LogP contribution in [0.5, 0.6) is 0 Å². The lowest BCUT2D eigenvalue weighted by Crippen LogP contribution is -2.44. The van der Waals surface area contributed by atoms with Crippen molar-refractivity contribution in [2.45, 2.75) is 46.1 Å². The summed E-state index contributed by atoms with van der Waals surface area (Å²) < 4.78 is 4.91. The average molecular weight is 253 g/mol. The summed E-state index contributed by atoms with van der Waals surface area (Å²) in [6.45, 7) is 6.03. The van der Waals surface area contributed by atoms with Crippen LogP contribution in [-0.2, 0) is 14.3 Å². The highest BCUT2D eigenvalue weighted by molar-refractivity contribution is 5.84. The lowest BCUT2D eigenvalue weighted by molar-refractivity contribution is -0.151. The van der Waals surface area contributed by atoms with Gasteiger partial charge < -0.3 is 9.64 Å². The number of hydrogen-bond donors (Lipinski definition) is 0. The maximum atomic E-state index is 12.4. The Bertz CT molecular complexity index is 323. The minimum atomic E-state index is -0.328. The predicted octanol–water partition coefficient (Wildman–Crippen LogP) is 2.14. The summed E-state index contributed by atoms with van der Waals surface area (Å²) in [5.74, 6) is -0.236. The van der Waals surface area contributed by atoms with Gasteiger partial charge in [-0.05, 0) is 40.0 Å².